The van der Waals surface area contributed by atoms with Gasteiger partial charge >= 0.3 is 25.7 Å². The fraction of sp³-hybridized carbons (Fsp3) is 0.614. The van der Waals surface area contributed by atoms with Crippen LogP contribution in [0, 0.1) is 0 Å². The van der Waals surface area contributed by atoms with E-state index in [1.54, 1.807) is 18.2 Å². The number of carbonyl (C=O) groups excluding carboxylic acids is 2. The van der Waals surface area contributed by atoms with Crippen LogP contribution in [0.15, 0.2) is 85.1 Å². The maximum Gasteiger partial charge on any atom is 0.469 e. The highest BCUT2D eigenvalue weighted by atomic mass is 32.2. The van der Waals surface area contributed by atoms with Gasteiger partial charge in [0.1, 0.15) is 12.6 Å². The second kappa shape index (κ2) is 38.2. The summed E-state index contributed by atoms with van der Waals surface area (Å²) in [5.74, 6) is -2.46. The highest BCUT2D eigenvalue weighted by Gasteiger charge is 2.27. The molecule has 0 unspecified atom stereocenters. The van der Waals surface area contributed by atoms with Crippen LogP contribution in [-0.4, -0.2) is 80.4 Å². The lowest BCUT2D eigenvalue weighted by Crippen LogP contribution is -2.40. The molecule has 0 rings (SSSR count). The summed E-state index contributed by atoms with van der Waals surface area (Å²) in [6.45, 7) is 3.15. The average molecular weight is 854 g/mol. The van der Waals surface area contributed by atoms with Crippen molar-refractivity contribution in [2.75, 3.05) is 19.0 Å². The smallest absolute Gasteiger partial charge is 0.469 e. The summed E-state index contributed by atoms with van der Waals surface area (Å²) in [4.78, 5) is 54.7. The Hall–Kier alpha value is -3.03. The van der Waals surface area contributed by atoms with Gasteiger partial charge in [-0.25, -0.2) is 4.57 Å². The number of phosphoric acid groups is 1. The SMILES string of the molecule is CCCCC/C=C\C\C=C/C=C/C=C/[C@@H](SC[C@H](N)C(=O)O[C@H](COC(=O)CCCC/C=C\C/C=C\C/C=C\CCCCC)COP(=O)(O)O)[C@@H](O)CCCC(=O)O. The summed E-state index contributed by atoms with van der Waals surface area (Å²) in [6, 6.07) is -1.21. The number of hydrogen-bond acceptors (Lipinski definition) is 10. The molecule has 6 N–H and O–H groups in total. The number of rotatable bonds is 37. The number of unbranched alkanes of at least 4 members (excludes halogenated alkanes) is 8. The molecule has 0 aliphatic heterocycles. The first-order valence-electron chi connectivity index (χ1n) is 20.8. The minimum atomic E-state index is -4.93. The second-order valence-corrected chi connectivity index (χ2v) is 16.3. The highest BCUT2D eigenvalue weighted by Crippen LogP contribution is 2.36. The molecule has 0 saturated carbocycles. The van der Waals surface area contributed by atoms with Crippen LogP contribution < -0.4 is 5.73 Å². The number of hydrogen-bond donors (Lipinski definition) is 5. The quantitative estimate of drug-likeness (QED) is 0.0130. The first kappa shape index (κ1) is 55.0. The molecule has 0 heterocycles. The zero-order valence-corrected chi connectivity index (χ0v) is 36.5. The summed E-state index contributed by atoms with van der Waals surface area (Å²) in [7, 11) is -4.93. The lowest BCUT2D eigenvalue weighted by Gasteiger charge is -2.23. The number of phosphoric ester groups is 1. The first-order valence-corrected chi connectivity index (χ1v) is 23.4. The van der Waals surface area contributed by atoms with Crippen LogP contribution in [0.3, 0.4) is 0 Å². The van der Waals surface area contributed by atoms with Crippen molar-refractivity contribution in [2.24, 2.45) is 5.73 Å². The fourth-order valence-electron chi connectivity index (χ4n) is 5.10. The monoisotopic (exact) mass is 853 g/mol. The van der Waals surface area contributed by atoms with Gasteiger partial charge in [0, 0.05) is 23.8 Å². The van der Waals surface area contributed by atoms with Crippen LogP contribution in [0.25, 0.3) is 0 Å². The molecule has 0 saturated heterocycles. The van der Waals surface area contributed by atoms with E-state index in [1.807, 2.05) is 18.2 Å². The normalized spacial score (nSPS) is 14.9. The Morgan fingerprint density at radius 2 is 1.26 bits per heavy atom. The van der Waals surface area contributed by atoms with Gasteiger partial charge in [0.25, 0.3) is 0 Å². The fourth-order valence-corrected chi connectivity index (χ4v) is 6.58. The molecule has 14 heteroatoms. The van der Waals surface area contributed by atoms with Crippen molar-refractivity contribution in [3.63, 3.8) is 0 Å². The van der Waals surface area contributed by atoms with Gasteiger partial charge < -0.3 is 35.2 Å². The number of aliphatic hydroxyl groups excluding tert-OH is 1. The maximum atomic E-state index is 12.9. The summed E-state index contributed by atoms with van der Waals surface area (Å²) in [6.07, 6.45) is 40.7. The third-order valence-electron chi connectivity index (χ3n) is 8.39. The van der Waals surface area contributed by atoms with Crippen molar-refractivity contribution in [2.45, 2.75) is 153 Å². The van der Waals surface area contributed by atoms with E-state index in [0.29, 0.717) is 6.42 Å². The van der Waals surface area contributed by atoms with Crippen LogP contribution >= 0.6 is 19.6 Å². The van der Waals surface area contributed by atoms with Crippen LogP contribution in [0.5, 0.6) is 0 Å². The Bertz CT molecular complexity index is 1340. The summed E-state index contributed by atoms with van der Waals surface area (Å²) in [5.41, 5.74) is 6.11. The molecule has 4 atom stereocenters. The van der Waals surface area contributed by atoms with Crippen LogP contribution in [-0.2, 0) is 32.9 Å². The predicted octanol–water partition coefficient (Wildman–Crippen LogP) is 9.38. The molecule has 0 aromatic rings. The van der Waals surface area contributed by atoms with E-state index in [1.165, 1.54) is 50.3 Å². The largest absolute Gasteiger partial charge is 0.481 e. The van der Waals surface area contributed by atoms with Gasteiger partial charge in [-0.15, -0.1) is 11.8 Å². The molecule has 330 valence electrons. The number of carbonyl (C=O) groups is 3. The van der Waals surface area contributed by atoms with E-state index >= 15 is 0 Å². The van der Waals surface area contributed by atoms with Crippen molar-refractivity contribution in [1.29, 1.82) is 0 Å². The zero-order chi connectivity index (χ0) is 43.1. The van der Waals surface area contributed by atoms with Gasteiger partial charge in [-0.2, -0.15) is 0 Å². The number of carboxylic acid groups (broad SMARTS) is 1. The lowest BCUT2D eigenvalue weighted by atomic mass is 10.1. The molecule has 0 radical (unpaired) electrons. The second-order valence-electron chi connectivity index (χ2n) is 13.8. The number of aliphatic carboxylic acids is 1. The molecule has 0 aliphatic carbocycles. The van der Waals surface area contributed by atoms with Crippen molar-refractivity contribution in [1.82, 2.24) is 0 Å². The van der Waals surface area contributed by atoms with E-state index in [2.05, 4.69) is 67.0 Å². The van der Waals surface area contributed by atoms with E-state index in [9.17, 15) is 33.8 Å². The Morgan fingerprint density at radius 3 is 1.83 bits per heavy atom. The van der Waals surface area contributed by atoms with Crippen molar-refractivity contribution >= 4 is 37.5 Å². The number of ether oxygens (including phenoxy) is 2. The molecule has 58 heavy (non-hydrogen) atoms. The standard InChI is InChI=1S/C44H72NO11PS/c1-3-5-7-9-11-13-15-17-18-19-21-23-25-27-29-34-43(49)54-35-38(36-55-57(51,52)53)56-44(50)39(45)37-58-41(40(46)31-30-33-42(47)48)32-28-26-24-22-20-16-14-12-10-8-6-4-2/h11-14,17-18,20-24,26,28,32,38-41,46H,3-10,15-16,19,25,27,29-31,33-37,45H2,1-2H3,(H,47,48)(H2,51,52,53)/b13-11-,14-12-,18-17-,22-20-,23-21-,26-24+,32-28+/t38-,39+,40+,41-/m1/s1. The zero-order valence-electron chi connectivity index (χ0n) is 34.8. The van der Waals surface area contributed by atoms with E-state index in [-0.39, 0.29) is 31.4 Å². The molecule has 0 aliphatic rings. The van der Waals surface area contributed by atoms with Crippen molar-refractivity contribution in [3.05, 3.63) is 85.1 Å². The molecular weight excluding hydrogens is 782 g/mol. The van der Waals surface area contributed by atoms with Gasteiger partial charge in [-0.1, -0.05) is 125 Å². The molecule has 0 fully saturated rings. The predicted molar refractivity (Wildman–Crippen MR) is 235 cm³/mol. The summed E-state index contributed by atoms with van der Waals surface area (Å²) in [5, 5.41) is 19.3. The number of esters is 2. The van der Waals surface area contributed by atoms with Crippen LogP contribution in [0.4, 0.5) is 0 Å². The third kappa shape index (κ3) is 37.3. The number of thioether (sulfide) groups is 1. The minimum Gasteiger partial charge on any atom is -0.481 e. The Kier molecular flexibility index (Phi) is 36.2. The van der Waals surface area contributed by atoms with E-state index < -0.39 is 62.4 Å². The van der Waals surface area contributed by atoms with Gasteiger partial charge in [0.05, 0.1) is 12.7 Å². The molecule has 0 aromatic carbocycles. The van der Waals surface area contributed by atoms with Gasteiger partial charge in [-0.05, 0) is 77.0 Å². The molecule has 0 spiro atoms. The number of aliphatic hydroxyl groups is 1. The van der Waals surface area contributed by atoms with E-state index in [0.717, 1.165) is 44.9 Å². The van der Waals surface area contributed by atoms with Crippen LogP contribution in [0.2, 0.25) is 0 Å². The Balaban J connectivity index is 4.98. The maximum absolute atomic E-state index is 12.9. The minimum absolute atomic E-state index is 0.00876. The van der Waals surface area contributed by atoms with Crippen molar-refractivity contribution < 1.29 is 52.9 Å². The molecule has 12 nitrogen and oxygen atoms in total. The van der Waals surface area contributed by atoms with Gasteiger partial charge in [0.15, 0.2) is 6.10 Å². The number of nitrogens with two attached hydrogens (primary N) is 1. The number of allylic oxidation sites excluding steroid dienone is 13. The topological polar surface area (TPSA) is 203 Å². The van der Waals surface area contributed by atoms with Gasteiger partial charge in [0.2, 0.25) is 0 Å². The highest BCUT2D eigenvalue weighted by molar-refractivity contribution is 8.00. The molecular formula is C44H72NO11PS. The van der Waals surface area contributed by atoms with Crippen LogP contribution in [0.1, 0.15) is 129 Å². The number of carboxylic acids is 1. The summed E-state index contributed by atoms with van der Waals surface area (Å²) < 4.78 is 26.5. The Morgan fingerprint density at radius 1 is 0.707 bits per heavy atom. The third-order valence-corrected chi connectivity index (χ3v) is 10.3. The molecule has 0 aromatic heterocycles. The van der Waals surface area contributed by atoms with E-state index in [4.69, 9.17) is 20.3 Å². The average Bonchev–Trinajstić information content (AvgIpc) is 3.18. The first-order chi connectivity index (χ1) is 27.9. The molecule has 0 bridgehead atoms. The molecule has 0 amide bonds. The van der Waals surface area contributed by atoms with Gasteiger partial charge in [-0.3, -0.25) is 18.9 Å². The summed E-state index contributed by atoms with van der Waals surface area (Å²) >= 11 is 1.17. The Labute approximate surface area is 352 Å². The van der Waals surface area contributed by atoms with Crippen molar-refractivity contribution in [3.8, 4) is 0 Å². The lowest BCUT2D eigenvalue weighted by molar-refractivity contribution is -0.161.